The number of benzene rings is 1. The van der Waals surface area contributed by atoms with Gasteiger partial charge in [-0.3, -0.25) is 14.7 Å². The van der Waals surface area contributed by atoms with Gasteiger partial charge < -0.3 is 19.7 Å². The summed E-state index contributed by atoms with van der Waals surface area (Å²) >= 11 is 0. The first-order valence-corrected chi connectivity index (χ1v) is 8.55. The molecule has 11 nitrogen and oxygen atoms in total. The molecule has 3 atom stereocenters. The fraction of sp³-hybridized carbons (Fsp3) is 0.353. The lowest BCUT2D eigenvalue weighted by atomic mass is 10.1. The van der Waals surface area contributed by atoms with Crippen molar-refractivity contribution in [2.24, 2.45) is 0 Å². The van der Waals surface area contributed by atoms with Gasteiger partial charge in [0.05, 0.1) is 36.1 Å². The van der Waals surface area contributed by atoms with Gasteiger partial charge in [-0.2, -0.15) is 4.98 Å². The second-order valence-corrected chi connectivity index (χ2v) is 6.30. The van der Waals surface area contributed by atoms with E-state index in [0.29, 0.717) is 17.6 Å². The first-order valence-electron chi connectivity index (χ1n) is 8.55. The number of nitro benzene ring substituents is 1. The van der Waals surface area contributed by atoms with Gasteiger partial charge in [0.2, 0.25) is 5.88 Å². The van der Waals surface area contributed by atoms with E-state index in [1.54, 1.807) is 22.8 Å². The van der Waals surface area contributed by atoms with E-state index >= 15 is 0 Å². The molecule has 1 aromatic carbocycles. The molecular weight excluding hydrogens is 370 g/mol. The summed E-state index contributed by atoms with van der Waals surface area (Å²) in [5.74, 6) is -0.232. The summed E-state index contributed by atoms with van der Waals surface area (Å²) in [6.45, 7) is -0.257. The van der Waals surface area contributed by atoms with Crippen LogP contribution in [0.5, 0.6) is 5.88 Å². The van der Waals surface area contributed by atoms with E-state index < -0.39 is 23.4 Å². The van der Waals surface area contributed by atoms with Gasteiger partial charge in [-0.05, 0) is 6.07 Å². The lowest BCUT2D eigenvalue weighted by molar-refractivity contribution is -0.386. The molecule has 0 amide bonds. The number of fused-ring (bicyclic) bond motifs is 1. The standard InChI is InChI=1S/C17H17N5O6/c23-6-13-12(27-7-10-3-1-2-4-11(10)22(25)26)5-14(28-13)21-9-20-15-16(21)18-8-19-17(15)24/h1-4,8-9,12-14,23H,5-7H2,(H,18,19,24)/t12-,13+,14+/m0/s1. The van der Waals surface area contributed by atoms with Gasteiger partial charge in [0, 0.05) is 12.5 Å². The van der Waals surface area contributed by atoms with Gasteiger partial charge in [-0.15, -0.1) is 0 Å². The fourth-order valence-electron chi connectivity index (χ4n) is 3.27. The van der Waals surface area contributed by atoms with E-state index in [2.05, 4.69) is 15.0 Å². The molecule has 0 radical (unpaired) electrons. The molecule has 2 N–H and O–H groups in total. The predicted octanol–water partition coefficient (Wildman–Crippen LogP) is 1.31. The van der Waals surface area contributed by atoms with Gasteiger partial charge in [0.15, 0.2) is 11.2 Å². The van der Waals surface area contributed by atoms with Crippen molar-refractivity contribution in [1.29, 1.82) is 0 Å². The van der Waals surface area contributed by atoms with Gasteiger partial charge in [0.1, 0.15) is 18.7 Å². The first-order chi connectivity index (χ1) is 13.6. The number of para-hydroxylation sites is 1. The summed E-state index contributed by atoms with van der Waals surface area (Å²) in [6, 6.07) is 6.34. The van der Waals surface area contributed by atoms with Crippen molar-refractivity contribution >= 4 is 16.9 Å². The molecule has 4 rings (SSSR count). The largest absolute Gasteiger partial charge is 0.492 e. The topological polar surface area (TPSA) is 146 Å². The van der Waals surface area contributed by atoms with Gasteiger partial charge in [0.25, 0.3) is 5.69 Å². The van der Waals surface area contributed by atoms with Crippen molar-refractivity contribution in [3.8, 4) is 5.88 Å². The number of nitro groups is 1. The maximum atomic E-state index is 11.1. The quantitative estimate of drug-likeness (QED) is 0.472. The number of nitrogens with zero attached hydrogens (tertiary/aromatic N) is 5. The molecule has 0 aliphatic carbocycles. The zero-order valence-electron chi connectivity index (χ0n) is 14.6. The Balaban J connectivity index is 1.52. The number of imidazole rings is 1. The van der Waals surface area contributed by atoms with Crippen LogP contribution in [0.4, 0.5) is 5.69 Å². The predicted molar refractivity (Wildman–Crippen MR) is 94.3 cm³/mol. The molecule has 28 heavy (non-hydrogen) atoms. The smallest absolute Gasteiger partial charge is 0.274 e. The second-order valence-electron chi connectivity index (χ2n) is 6.30. The number of hydrogen-bond acceptors (Lipinski definition) is 9. The monoisotopic (exact) mass is 387 g/mol. The van der Waals surface area contributed by atoms with Crippen molar-refractivity contribution in [2.45, 2.75) is 31.5 Å². The Hall–Kier alpha value is -3.15. The lowest BCUT2D eigenvalue weighted by Crippen LogP contribution is -2.27. The van der Waals surface area contributed by atoms with E-state index in [1.165, 1.54) is 18.7 Å². The number of ether oxygens (including phenoxy) is 2. The van der Waals surface area contributed by atoms with Gasteiger partial charge in [-0.25, -0.2) is 9.97 Å². The molecule has 1 saturated heterocycles. The minimum Gasteiger partial charge on any atom is -0.492 e. The Morgan fingerprint density at radius 1 is 1.32 bits per heavy atom. The average Bonchev–Trinajstić information content (AvgIpc) is 3.31. The van der Waals surface area contributed by atoms with Crippen molar-refractivity contribution < 1.29 is 24.6 Å². The molecule has 1 aliphatic rings. The molecule has 1 fully saturated rings. The highest BCUT2D eigenvalue weighted by Crippen LogP contribution is 2.34. The Kier molecular flexibility index (Phi) is 4.86. The van der Waals surface area contributed by atoms with Crippen LogP contribution in [-0.2, 0) is 16.1 Å². The Morgan fingerprint density at radius 2 is 2.14 bits per heavy atom. The molecule has 0 spiro atoms. The van der Waals surface area contributed by atoms with Crippen LogP contribution in [0.1, 0.15) is 18.2 Å². The minimum atomic E-state index is -0.611. The Morgan fingerprint density at radius 3 is 2.93 bits per heavy atom. The van der Waals surface area contributed by atoms with Gasteiger partial charge in [-0.1, -0.05) is 12.1 Å². The van der Waals surface area contributed by atoms with E-state index in [4.69, 9.17) is 9.47 Å². The summed E-state index contributed by atoms with van der Waals surface area (Å²) in [5, 5.41) is 30.6. The normalized spacial score (nSPS) is 22.0. The van der Waals surface area contributed by atoms with Crippen molar-refractivity contribution in [2.75, 3.05) is 6.61 Å². The van der Waals surface area contributed by atoms with Crippen LogP contribution >= 0.6 is 0 Å². The molecule has 11 heteroatoms. The van der Waals surface area contributed by atoms with Crippen molar-refractivity contribution in [3.63, 3.8) is 0 Å². The minimum absolute atomic E-state index is 0.0159. The summed E-state index contributed by atoms with van der Waals surface area (Å²) < 4.78 is 13.3. The Labute approximate surface area is 158 Å². The maximum Gasteiger partial charge on any atom is 0.274 e. The third-order valence-corrected chi connectivity index (χ3v) is 4.65. The maximum absolute atomic E-state index is 11.1. The molecule has 1 aliphatic heterocycles. The molecule has 0 unspecified atom stereocenters. The second kappa shape index (κ2) is 7.46. The molecule has 0 bridgehead atoms. The summed E-state index contributed by atoms with van der Waals surface area (Å²) in [6.07, 6.45) is 1.46. The number of hydrogen-bond donors (Lipinski definition) is 2. The van der Waals surface area contributed by atoms with Crippen LogP contribution in [0.25, 0.3) is 11.2 Å². The lowest BCUT2D eigenvalue weighted by Gasteiger charge is -2.16. The first kappa shape index (κ1) is 18.2. The molecule has 2 aromatic heterocycles. The molecular formula is C17H17N5O6. The fourth-order valence-corrected chi connectivity index (χ4v) is 3.27. The van der Waals surface area contributed by atoms with Crippen LogP contribution in [0.15, 0.2) is 36.9 Å². The summed E-state index contributed by atoms with van der Waals surface area (Å²) in [4.78, 5) is 22.6. The SMILES string of the molecule is O=[N+]([O-])c1ccccc1CO[C@H]1C[C@H](n2cnc3c(O)ncnc32)O[C@@H]1CO. The number of aromatic nitrogens is 4. The zero-order chi connectivity index (χ0) is 19.7. The highest BCUT2D eigenvalue weighted by molar-refractivity contribution is 5.75. The Bertz CT molecular complexity index is 1010. The third-order valence-electron chi connectivity index (χ3n) is 4.65. The molecule has 0 saturated carbocycles. The summed E-state index contributed by atoms with van der Waals surface area (Å²) in [7, 11) is 0. The van der Waals surface area contributed by atoms with Crippen LogP contribution in [-0.4, -0.2) is 53.5 Å². The van der Waals surface area contributed by atoms with Crippen LogP contribution in [0, 0.1) is 10.1 Å². The molecule has 3 heterocycles. The third kappa shape index (κ3) is 3.26. The number of rotatable bonds is 6. The van der Waals surface area contributed by atoms with E-state index in [-0.39, 0.29) is 30.3 Å². The molecule has 146 valence electrons. The van der Waals surface area contributed by atoms with Gasteiger partial charge >= 0.3 is 0 Å². The summed E-state index contributed by atoms with van der Waals surface area (Å²) in [5.41, 5.74) is 1.06. The molecule has 3 aromatic rings. The average molecular weight is 387 g/mol. The van der Waals surface area contributed by atoms with Crippen LogP contribution < -0.4 is 0 Å². The van der Waals surface area contributed by atoms with Crippen LogP contribution in [0.3, 0.4) is 0 Å². The highest BCUT2D eigenvalue weighted by Gasteiger charge is 2.37. The van der Waals surface area contributed by atoms with E-state index in [9.17, 15) is 20.3 Å². The van der Waals surface area contributed by atoms with E-state index in [1.807, 2.05) is 0 Å². The van der Waals surface area contributed by atoms with E-state index in [0.717, 1.165) is 0 Å². The van der Waals surface area contributed by atoms with Crippen molar-refractivity contribution in [3.05, 3.63) is 52.6 Å². The van der Waals surface area contributed by atoms with Crippen LogP contribution in [0.2, 0.25) is 0 Å². The number of aliphatic hydroxyl groups excluding tert-OH is 1. The number of aromatic hydroxyl groups is 1. The highest BCUT2D eigenvalue weighted by atomic mass is 16.6. The number of aliphatic hydroxyl groups is 1. The van der Waals surface area contributed by atoms with Crippen molar-refractivity contribution in [1.82, 2.24) is 19.5 Å². The zero-order valence-corrected chi connectivity index (χ0v) is 14.6.